The molecule has 0 aromatic rings. The third-order valence-corrected chi connectivity index (χ3v) is 6.05. The van der Waals surface area contributed by atoms with Gasteiger partial charge in [0.2, 0.25) is 5.91 Å². The highest BCUT2D eigenvalue weighted by molar-refractivity contribution is 5.76. The van der Waals surface area contributed by atoms with Crippen LogP contribution >= 0.6 is 0 Å². The minimum Gasteiger partial charge on any atom is -0.356 e. The molecule has 0 rings (SSSR count). The van der Waals surface area contributed by atoms with Crippen molar-refractivity contribution in [2.45, 2.75) is 115 Å². The van der Waals surface area contributed by atoms with Crippen LogP contribution in [-0.2, 0) is 4.79 Å². The Labute approximate surface area is 177 Å². The molecule has 0 aliphatic carbocycles. The lowest BCUT2D eigenvalue weighted by Crippen LogP contribution is -2.43. The van der Waals surface area contributed by atoms with Gasteiger partial charge < -0.3 is 10.6 Å². The Balaban J connectivity index is 4.61. The van der Waals surface area contributed by atoms with E-state index in [1.54, 1.807) is 0 Å². The summed E-state index contributed by atoms with van der Waals surface area (Å²) >= 11 is 0. The number of carbonyl (C=O) groups is 1. The molecule has 1 unspecified atom stereocenters. The van der Waals surface area contributed by atoms with Crippen molar-refractivity contribution < 1.29 is 4.79 Å². The highest BCUT2D eigenvalue weighted by atomic mass is 16.1. The molecule has 0 heterocycles. The molecule has 0 aliphatic rings. The monoisotopic (exact) mass is 396 g/mol. The van der Waals surface area contributed by atoms with Gasteiger partial charge in [-0.1, -0.05) is 69.2 Å². The summed E-state index contributed by atoms with van der Waals surface area (Å²) in [6, 6.07) is 0. The predicted molar refractivity (Wildman–Crippen MR) is 125 cm³/mol. The van der Waals surface area contributed by atoms with Crippen LogP contribution in [0.3, 0.4) is 0 Å². The average molecular weight is 397 g/mol. The van der Waals surface area contributed by atoms with Gasteiger partial charge in [-0.3, -0.25) is 4.79 Å². The van der Waals surface area contributed by atoms with E-state index in [1.807, 2.05) is 0 Å². The number of amides is 1. The zero-order chi connectivity index (χ0) is 22.6. The predicted octanol–water partition coefficient (Wildman–Crippen LogP) is 6.42. The molecule has 0 radical (unpaired) electrons. The second-order valence-corrected chi connectivity index (χ2v) is 13.6. The smallest absolute Gasteiger partial charge is 0.220 e. The molecular weight excluding hydrogens is 344 g/mol. The largest absolute Gasteiger partial charge is 0.356 e. The Hall–Kier alpha value is -0.570. The van der Waals surface area contributed by atoms with Crippen molar-refractivity contribution in [1.29, 1.82) is 0 Å². The highest BCUT2D eigenvalue weighted by Crippen LogP contribution is 2.48. The van der Waals surface area contributed by atoms with Gasteiger partial charge in [0.05, 0.1) is 0 Å². The molecule has 1 amide bonds. The fourth-order valence-corrected chi connectivity index (χ4v) is 4.15. The molecule has 3 nitrogen and oxygen atoms in total. The molecule has 1 atom stereocenters. The molecule has 0 aromatic carbocycles. The zero-order valence-electron chi connectivity index (χ0n) is 21.5. The average Bonchev–Trinajstić information content (AvgIpc) is 2.39. The fourth-order valence-electron chi connectivity index (χ4n) is 4.15. The Bertz CT molecular complexity index is 490. The summed E-state index contributed by atoms with van der Waals surface area (Å²) in [5.41, 5.74) is 0.683. The maximum Gasteiger partial charge on any atom is 0.220 e. The first kappa shape index (κ1) is 27.4. The van der Waals surface area contributed by atoms with E-state index in [0.717, 1.165) is 25.9 Å². The van der Waals surface area contributed by atoms with Crippen LogP contribution in [0, 0.1) is 27.6 Å². The van der Waals surface area contributed by atoms with Crippen LogP contribution in [0.2, 0.25) is 0 Å². The topological polar surface area (TPSA) is 41.1 Å². The summed E-state index contributed by atoms with van der Waals surface area (Å²) in [5, 5.41) is 6.82. The first-order valence-corrected chi connectivity index (χ1v) is 11.2. The van der Waals surface area contributed by atoms with Crippen molar-refractivity contribution in [2.24, 2.45) is 27.6 Å². The molecule has 28 heavy (non-hydrogen) atoms. The van der Waals surface area contributed by atoms with Gasteiger partial charge in [-0.05, 0) is 61.2 Å². The lowest BCUT2D eigenvalue weighted by atomic mass is 9.60. The quantitative estimate of drug-likeness (QED) is 0.447. The molecular formula is C25H52N2O. The number of nitrogens with one attached hydrogen (secondary N) is 2. The van der Waals surface area contributed by atoms with E-state index in [1.165, 1.54) is 0 Å². The van der Waals surface area contributed by atoms with Crippen LogP contribution in [0.5, 0.6) is 0 Å². The maximum atomic E-state index is 12.7. The molecule has 0 saturated carbocycles. The van der Waals surface area contributed by atoms with Crippen LogP contribution in [0.4, 0.5) is 0 Å². The van der Waals surface area contributed by atoms with Gasteiger partial charge in [0.1, 0.15) is 0 Å². The van der Waals surface area contributed by atoms with Crippen LogP contribution < -0.4 is 10.6 Å². The van der Waals surface area contributed by atoms with Crippen molar-refractivity contribution >= 4 is 5.91 Å². The van der Waals surface area contributed by atoms with Crippen molar-refractivity contribution in [2.75, 3.05) is 13.1 Å². The van der Waals surface area contributed by atoms with Crippen LogP contribution in [-0.4, -0.2) is 24.5 Å². The molecule has 2 N–H and O–H groups in total. The summed E-state index contributed by atoms with van der Waals surface area (Å²) in [7, 11) is 0. The van der Waals surface area contributed by atoms with Gasteiger partial charge in [-0.15, -0.1) is 0 Å². The van der Waals surface area contributed by atoms with Crippen molar-refractivity contribution in [3.8, 4) is 0 Å². The summed E-state index contributed by atoms with van der Waals surface area (Å²) in [5.74, 6) is 0.649. The molecule has 168 valence electrons. The second kappa shape index (κ2) is 9.49. The second-order valence-electron chi connectivity index (χ2n) is 13.6. The summed E-state index contributed by atoms with van der Waals surface area (Å²) in [4.78, 5) is 12.7. The van der Waals surface area contributed by atoms with Gasteiger partial charge in [0, 0.05) is 25.0 Å². The normalized spacial score (nSPS) is 15.5. The Morgan fingerprint density at radius 2 is 1.32 bits per heavy atom. The maximum absolute atomic E-state index is 12.7. The molecule has 0 spiro atoms. The fraction of sp³-hybridized carbons (Fsp3) is 0.960. The van der Waals surface area contributed by atoms with E-state index in [-0.39, 0.29) is 33.1 Å². The standard InChI is InChI=1S/C25H52N2O/c1-19(14-23(8,9)18-27-22(5,6)7)16-26-20(28)15-24(10,11)25(12,13)17-21(2,3)4/h19,27H,14-18H2,1-13H3,(H,26,28). The molecule has 0 bridgehead atoms. The Kier molecular flexibility index (Phi) is 9.30. The summed E-state index contributed by atoms with van der Waals surface area (Å²) in [6.07, 6.45) is 2.78. The molecule has 3 heteroatoms. The van der Waals surface area contributed by atoms with Crippen molar-refractivity contribution in [1.82, 2.24) is 10.6 Å². The third-order valence-electron chi connectivity index (χ3n) is 6.05. The van der Waals surface area contributed by atoms with E-state index in [4.69, 9.17) is 0 Å². The van der Waals surface area contributed by atoms with Gasteiger partial charge in [0.25, 0.3) is 0 Å². The van der Waals surface area contributed by atoms with Gasteiger partial charge >= 0.3 is 0 Å². The number of hydrogen-bond acceptors (Lipinski definition) is 2. The lowest BCUT2D eigenvalue weighted by molar-refractivity contribution is -0.125. The van der Waals surface area contributed by atoms with Gasteiger partial charge in [0.15, 0.2) is 0 Å². The number of rotatable bonds is 10. The summed E-state index contributed by atoms with van der Waals surface area (Å²) < 4.78 is 0. The van der Waals surface area contributed by atoms with Gasteiger partial charge in [-0.2, -0.15) is 0 Å². The molecule has 0 saturated heterocycles. The van der Waals surface area contributed by atoms with Crippen LogP contribution in [0.25, 0.3) is 0 Å². The zero-order valence-corrected chi connectivity index (χ0v) is 21.5. The Morgan fingerprint density at radius 1 is 0.821 bits per heavy atom. The van der Waals surface area contributed by atoms with Crippen LogP contribution in [0.1, 0.15) is 109 Å². The first-order valence-electron chi connectivity index (χ1n) is 11.2. The number of carbonyl (C=O) groups excluding carboxylic acids is 1. The van der Waals surface area contributed by atoms with E-state index in [2.05, 4.69) is 101 Å². The molecule has 0 aliphatic heterocycles. The van der Waals surface area contributed by atoms with Crippen molar-refractivity contribution in [3.05, 3.63) is 0 Å². The van der Waals surface area contributed by atoms with E-state index >= 15 is 0 Å². The van der Waals surface area contributed by atoms with Gasteiger partial charge in [-0.25, -0.2) is 0 Å². The molecule has 0 fully saturated rings. The lowest BCUT2D eigenvalue weighted by Gasteiger charge is -2.45. The third kappa shape index (κ3) is 11.4. The number of hydrogen-bond donors (Lipinski definition) is 2. The van der Waals surface area contributed by atoms with Crippen LogP contribution in [0.15, 0.2) is 0 Å². The van der Waals surface area contributed by atoms with Crippen molar-refractivity contribution in [3.63, 3.8) is 0 Å². The van der Waals surface area contributed by atoms with E-state index in [0.29, 0.717) is 12.3 Å². The highest BCUT2D eigenvalue weighted by Gasteiger charge is 2.40. The molecule has 0 aromatic heterocycles. The minimum atomic E-state index is -0.0382. The Morgan fingerprint density at radius 3 is 1.75 bits per heavy atom. The van der Waals surface area contributed by atoms with E-state index < -0.39 is 0 Å². The minimum absolute atomic E-state index is 0.0382. The van der Waals surface area contributed by atoms with E-state index in [9.17, 15) is 4.79 Å². The first-order chi connectivity index (χ1) is 12.2. The SMILES string of the molecule is CC(CNC(=O)CC(C)(C)C(C)(C)CC(C)(C)C)CC(C)(C)CNC(C)(C)C. The summed E-state index contributed by atoms with van der Waals surface area (Å²) in [6.45, 7) is 31.1.